The molecule has 7 nitrogen and oxygen atoms in total. The number of rotatable bonds is 10. The Balaban J connectivity index is 1.82. The van der Waals surface area contributed by atoms with E-state index in [1.54, 1.807) is 7.11 Å². The van der Waals surface area contributed by atoms with Crippen molar-refractivity contribution in [2.45, 2.75) is 78.2 Å². The number of hydrogen-bond acceptors (Lipinski definition) is 6. The summed E-state index contributed by atoms with van der Waals surface area (Å²) in [6.45, 7) is 6.17. The minimum Gasteiger partial charge on any atom is -0.468 e. The van der Waals surface area contributed by atoms with Crippen LogP contribution in [0.2, 0.25) is 0 Å². The third kappa shape index (κ3) is 4.86. The lowest BCUT2D eigenvalue weighted by Gasteiger charge is -2.29. The highest BCUT2D eigenvalue weighted by atomic mass is 16.5. The molecule has 2 atom stereocenters. The number of ether oxygens (including phenoxy) is 1. The molecule has 3 N–H and O–H groups in total. The predicted octanol–water partition coefficient (Wildman–Crippen LogP) is 4.63. The Hall–Kier alpha value is -2.05. The van der Waals surface area contributed by atoms with Gasteiger partial charge in [-0.2, -0.15) is 15.0 Å². The molecule has 0 aromatic carbocycles. The molecule has 0 spiro atoms. The minimum absolute atomic E-state index is 0.408. The van der Waals surface area contributed by atoms with Crippen molar-refractivity contribution >= 4 is 22.9 Å². The molecule has 1 fully saturated rings. The molecule has 2 aromatic heterocycles. The molecule has 2 heterocycles. The molecule has 2 aromatic rings. The van der Waals surface area contributed by atoms with Crippen molar-refractivity contribution in [2.75, 3.05) is 24.7 Å². The Morgan fingerprint density at radius 2 is 1.89 bits per heavy atom. The van der Waals surface area contributed by atoms with Gasteiger partial charge in [0.15, 0.2) is 17.0 Å². The fraction of sp³-hybridized carbons (Fsp3) is 0.762. The highest BCUT2D eigenvalue weighted by Crippen LogP contribution is 2.35. The molecule has 28 heavy (non-hydrogen) atoms. The summed E-state index contributed by atoms with van der Waals surface area (Å²) in [5.41, 5.74) is 7.60. The molecule has 2 unspecified atom stereocenters. The summed E-state index contributed by atoms with van der Waals surface area (Å²) < 4.78 is 7.67. The van der Waals surface area contributed by atoms with Crippen LogP contribution in [0.5, 0.6) is 6.01 Å². The van der Waals surface area contributed by atoms with Crippen molar-refractivity contribution in [1.29, 1.82) is 0 Å². The van der Waals surface area contributed by atoms with Crippen LogP contribution in [0.1, 0.15) is 71.6 Å². The summed E-state index contributed by atoms with van der Waals surface area (Å²) in [6.07, 6.45) is 11.4. The van der Waals surface area contributed by atoms with Gasteiger partial charge in [-0.1, -0.05) is 52.4 Å². The van der Waals surface area contributed by atoms with Gasteiger partial charge in [-0.25, -0.2) is 0 Å². The molecule has 0 amide bonds. The van der Waals surface area contributed by atoms with E-state index in [0.29, 0.717) is 29.2 Å². The largest absolute Gasteiger partial charge is 0.468 e. The zero-order valence-corrected chi connectivity index (χ0v) is 17.7. The van der Waals surface area contributed by atoms with Gasteiger partial charge < -0.3 is 15.8 Å². The Labute approximate surface area is 168 Å². The zero-order valence-electron chi connectivity index (χ0n) is 17.7. The van der Waals surface area contributed by atoms with Gasteiger partial charge in [0.2, 0.25) is 5.95 Å². The van der Waals surface area contributed by atoms with E-state index in [4.69, 9.17) is 15.5 Å². The van der Waals surface area contributed by atoms with Crippen molar-refractivity contribution < 1.29 is 4.74 Å². The second-order valence-corrected chi connectivity index (χ2v) is 8.13. The fourth-order valence-electron chi connectivity index (χ4n) is 4.36. The van der Waals surface area contributed by atoms with Gasteiger partial charge in [-0.3, -0.25) is 4.57 Å². The normalized spacial score (nSPS) is 19.8. The summed E-state index contributed by atoms with van der Waals surface area (Å²) in [5, 5.41) is 3.28. The number of nitrogens with zero attached hydrogens (tertiary/aromatic N) is 4. The smallest absolute Gasteiger partial charge is 0.298 e. The molecule has 0 bridgehead atoms. The van der Waals surface area contributed by atoms with Gasteiger partial charge in [-0.15, -0.1) is 0 Å². The van der Waals surface area contributed by atoms with Gasteiger partial charge in [0.25, 0.3) is 6.01 Å². The lowest BCUT2D eigenvalue weighted by atomic mass is 9.79. The van der Waals surface area contributed by atoms with Crippen LogP contribution in [0.15, 0.2) is 0 Å². The lowest BCUT2D eigenvalue weighted by molar-refractivity contribution is 0.224. The number of methoxy groups -OCH3 is 1. The van der Waals surface area contributed by atoms with Crippen LogP contribution in [0.4, 0.5) is 11.8 Å². The Bertz CT molecular complexity index is 759. The van der Waals surface area contributed by atoms with Crippen molar-refractivity contribution in [3.8, 4) is 6.01 Å². The third-order valence-corrected chi connectivity index (χ3v) is 5.88. The van der Waals surface area contributed by atoms with Crippen molar-refractivity contribution in [2.24, 2.45) is 11.8 Å². The van der Waals surface area contributed by atoms with Crippen molar-refractivity contribution in [3.05, 3.63) is 0 Å². The Kier molecular flexibility index (Phi) is 7.34. The molecule has 1 saturated carbocycles. The van der Waals surface area contributed by atoms with Crippen molar-refractivity contribution in [1.82, 2.24) is 19.5 Å². The first-order valence-electron chi connectivity index (χ1n) is 11.0. The van der Waals surface area contributed by atoms with E-state index in [9.17, 15) is 0 Å². The van der Waals surface area contributed by atoms with E-state index in [1.807, 2.05) is 0 Å². The first-order valence-corrected chi connectivity index (χ1v) is 11.0. The molecule has 156 valence electrons. The maximum Gasteiger partial charge on any atom is 0.298 e. The predicted molar refractivity (Wildman–Crippen MR) is 115 cm³/mol. The monoisotopic (exact) mass is 388 g/mol. The number of unbranched alkanes of at least 4 members (excludes halogenated alkanes) is 2. The number of nitrogens with one attached hydrogen (secondary N) is 1. The molecule has 0 aliphatic heterocycles. The standard InChI is InChI=1S/C21H36N6O/c1-4-6-9-15-10-8-11-16(13-15)14-27-19-17(24-21(27)28-3)18(22)25-20(26-19)23-12-7-5-2/h15-16H,4-14H2,1-3H3,(H3,22,23,25,26). The van der Waals surface area contributed by atoms with Crippen molar-refractivity contribution in [3.63, 3.8) is 0 Å². The third-order valence-electron chi connectivity index (χ3n) is 5.88. The highest BCUT2D eigenvalue weighted by Gasteiger charge is 2.25. The number of hydrogen-bond donors (Lipinski definition) is 2. The van der Waals surface area contributed by atoms with Gasteiger partial charge in [0, 0.05) is 13.1 Å². The van der Waals surface area contributed by atoms with E-state index in [2.05, 4.69) is 33.7 Å². The first-order chi connectivity index (χ1) is 13.7. The second-order valence-electron chi connectivity index (χ2n) is 8.13. The molecule has 3 rings (SSSR count). The van der Waals surface area contributed by atoms with E-state index in [-0.39, 0.29) is 0 Å². The van der Waals surface area contributed by atoms with Crippen LogP contribution >= 0.6 is 0 Å². The maximum absolute atomic E-state index is 6.19. The average molecular weight is 389 g/mol. The number of nitrogen functional groups attached to an aromatic ring is 1. The van der Waals surface area contributed by atoms with Crippen LogP contribution in [-0.4, -0.2) is 33.2 Å². The lowest BCUT2D eigenvalue weighted by Crippen LogP contribution is -2.21. The minimum atomic E-state index is 0.408. The second kappa shape index (κ2) is 9.94. The molecular weight excluding hydrogens is 352 g/mol. The van der Waals surface area contributed by atoms with Crippen LogP contribution in [0.3, 0.4) is 0 Å². The summed E-state index contributed by atoms with van der Waals surface area (Å²) in [4.78, 5) is 13.7. The molecule has 1 aliphatic carbocycles. The maximum atomic E-state index is 6.19. The average Bonchev–Trinajstić information content (AvgIpc) is 3.05. The van der Waals surface area contributed by atoms with Crippen LogP contribution in [0.25, 0.3) is 11.2 Å². The van der Waals surface area contributed by atoms with E-state index in [0.717, 1.165) is 37.5 Å². The topological polar surface area (TPSA) is 90.9 Å². The number of anilines is 2. The number of aromatic nitrogens is 4. The highest BCUT2D eigenvalue weighted by molar-refractivity contribution is 5.84. The van der Waals surface area contributed by atoms with Crippen LogP contribution in [0, 0.1) is 11.8 Å². The van der Waals surface area contributed by atoms with Gasteiger partial charge in [0.05, 0.1) is 7.11 Å². The van der Waals surface area contributed by atoms with Crippen LogP contribution < -0.4 is 15.8 Å². The van der Waals surface area contributed by atoms with Gasteiger partial charge >= 0.3 is 0 Å². The molecule has 1 aliphatic rings. The summed E-state index contributed by atoms with van der Waals surface area (Å²) >= 11 is 0. The van der Waals surface area contributed by atoms with Crippen LogP contribution in [-0.2, 0) is 6.54 Å². The van der Waals surface area contributed by atoms with E-state index in [1.165, 1.54) is 44.9 Å². The van der Waals surface area contributed by atoms with Gasteiger partial charge in [-0.05, 0) is 31.1 Å². The molecular formula is C21H36N6O. The number of nitrogens with two attached hydrogens (primary N) is 1. The quantitative estimate of drug-likeness (QED) is 0.577. The summed E-state index contributed by atoms with van der Waals surface area (Å²) in [6, 6.07) is 0.581. The summed E-state index contributed by atoms with van der Waals surface area (Å²) in [5.74, 6) is 2.47. The zero-order chi connectivity index (χ0) is 19.9. The van der Waals surface area contributed by atoms with E-state index >= 15 is 0 Å². The molecule has 0 radical (unpaired) electrons. The molecule has 0 saturated heterocycles. The fourth-order valence-corrected chi connectivity index (χ4v) is 4.36. The first kappa shape index (κ1) is 20.7. The summed E-state index contributed by atoms with van der Waals surface area (Å²) in [7, 11) is 1.66. The number of fused-ring (bicyclic) bond motifs is 1. The Morgan fingerprint density at radius 3 is 2.64 bits per heavy atom. The SMILES string of the molecule is CCCCNc1nc(N)c2nc(OC)n(CC3CCCC(CCCC)C3)c2n1. The van der Waals surface area contributed by atoms with E-state index < -0.39 is 0 Å². The molecule has 7 heteroatoms. The number of imidazole rings is 1. The Morgan fingerprint density at radius 1 is 1.11 bits per heavy atom. The van der Waals surface area contributed by atoms with Gasteiger partial charge in [0.1, 0.15) is 0 Å².